The minimum atomic E-state index is -3.91. The fourth-order valence-corrected chi connectivity index (χ4v) is 4.76. The van der Waals surface area contributed by atoms with Crippen molar-refractivity contribution in [2.24, 2.45) is 0 Å². The molecular weight excluding hydrogens is 389 g/mol. The van der Waals surface area contributed by atoms with Gasteiger partial charge in [-0.3, -0.25) is 0 Å². The van der Waals surface area contributed by atoms with Crippen LogP contribution in [0.25, 0.3) is 16.2 Å². The van der Waals surface area contributed by atoms with Gasteiger partial charge in [-0.05, 0) is 37.1 Å². The van der Waals surface area contributed by atoms with E-state index in [0.29, 0.717) is 24.1 Å². The topological polar surface area (TPSA) is 76.4 Å². The number of nitrogens with one attached hydrogen (secondary N) is 1. The summed E-state index contributed by atoms with van der Waals surface area (Å²) in [5.41, 5.74) is 0.117. The minimum absolute atomic E-state index is 0.0410. The lowest BCUT2D eigenvalue weighted by atomic mass is 10.3. The van der Waals surface area contributed by atoms with Gasteiger partial charge in [0.1, 0.15) is 6.67 Å². The molecule has 3 aromatic rings. The number of alkyl halides is 3. The number of rotatable bonds is 6. The average Bonchev–Trinajstić information content (AvgIpc) is 3.03. The first kappa shape index (κ1) is 17.4. The van der Waals surface area contributed by atoms with Gasteiger partial charge in [0.2, 0.25) is 10.0 Å². The maximum absolute atomic E-state index is 13.0. The van der Waals surface area contributed by atoms with Crippen molar-refractivity contribution in [3.63, 3.8) is 0 Å². The smallest absolute Gasteiger partial charge is 0.291 e. The Morgan fingerprint density at radius 2 is 1.96 bits per heavy atom. The highest BCUT2D eigenvalue weighted by Gasteiger charge is 2.46. The molecule has 0 bridgehead atoms. The highest BCUT2D eigenvalue weighted by molar-refractivity contribution is 7.89. The van der Waals surface area contributed by atoms with Crippen molar-refractivity contribution in [3.05, 3.63) is 35.5 Å². The van der Waals surface area contributed by atoms with E-state index in [1.165, 1.54) is 12.3 Å². The number of nitrogens with zero attached hydrogens (tertiary/aromatic N) is 3. The number of halogens is 3. The Balaban J connectivity index is 1.74. The van der Waals surface area contributed by atoms with Crippen LogP contribution in [0.2, 0.25) is 0 Å². The van der Waals surface area contributed by atoms with Crippen molar-refractivity contribution in [1.82, 2.24) is 19.3 Å². The Morgan fingerprint density at radius 1 is 1.23 bits per heavy atom. The second-order valence-corrected chi connectivity index (χ2v) is 8.84. The van der Waals surface area contributed by atoms with Crippen LogP contribution in [0.3, 0.4) is 0 Å². The van der Waals surface area contributed by atoms with Crippen LogP contribution in [0.5, 0.6) is 0 Å². The zero-order valence-corrected chi connectivity index (χ0v) is 14.8. The molecule has 0 unspecified atom stereocenters. The van der Waals surface area contributed by atoms with Crippen LogP contribution in [-0.4, -0.2) is 35.2 Å². The van der Waals surface area contributed by atoms with Gasteiger partial charge in [-0.1, -0.05) is 11.3 Å². The second-order valence-electron chi connectivity index (χ2n) is 6.14. The summed E-state index contributed by atoms with van der Waals surface area (Å²) in [5, 5.41) is 7.06. The molecule has 1 aliphatic carbocycles. The zero-order valence-electron chi connectivity index (χ0n) is 13.2. The molecule has 26 heavy (non-hydrogen) atoms. The van der Waals surface area contributed by atoms with Gasteiger partial charge in [0.25, 0.3) is 6.43 Å². The predicted molar refractivity (Wildman–Crippen MR) is 89.5 cm³/mol. The van der Waals surface area contributed by atoms with E-state index >= 15 is 0 Å². The van der Waals surface area contributed by atoms with Gasteiger partial charge in [-0.2, -0.15) is 0 Å². The summed E-state index contributed by atoms with van der Waals surface area (Å²) in [6, 6.07) is 6.37. The van der Waals surface area contributed by atoms with Crippen molar-refractivity contribution in [1.29, 1.82) is 0 Å². The lowest BCUT2D eigenvalue weighted by Crippen LogP contribution is -2.38. The molecule has 0 aliphatic heterocycles. The van der Waals surface area contributed by atoms with Gasteiger partial charge in [-0.25, -0.2) is 26.3 Å². The number of sulfonamides is 1. The van der Waals surface area contributed by atoms with E-state index in [9.17, 15) is 21.6 Å². The summed E-state index contributed by atoms with van der Waals surface area (Å²) >= 11 is 0.743. The number of hydrogen-bond donors (Lipinski definition) is 1. The normalized spacial score (nSPS) is 16.5. The molecule has 0 aromatic carbocycles. The predicted octanol–water partition coefficient (Wildman–Crippen LogP) is 3.18. The summed E-state index contributed by atoms with van der Waals surface area (Å²) in [4.78, 5) is -0.0410. The summed E-state index contributed by atoms with van der Waals surface area (Å²) in [7, 11) is -3.91. The van der Waals surface area contributed by atoms with E-state index in [0.717, 1.165) is 11.3 Å². The molecule has 1 fully saturated rings. The molecule has 6 nitrogen and oxygen atoms in total. The van der Waals surface area contributed by atoms with E-state index in [2.05, 4.69) is 14.9 Å². The SMILES string of the molecule is O=S(=O)(NC1(CF)CC1)c1ccc2ccc(-c3nnc(C(F)F)s3)n2c1. The first-order chi connectivity index (χ1) is 12.3. The molecular formula is C15H13F3N4O2S2. The van der Waals surface area contributed by atoms with Crippen LogP contribution in [0.15, 0.2) is 35.4 Å². The van der Waals surface area contributed by atoms with Crippen LogP contribution < -0.4 is 4.72 Å². The Morgan fingerprint density at radius 3 is 2.58 bits per heavy atom. The lowest BCUT2D eigenvalue weighted by Gasteiger charge is -2.14. The fourth-order valence-electron chi connectivity index (χ4n) is 2.60. The Labute approximate surface area is 150 Å². The molecule has 138 valence electrons. The molecule has 0 spiro atoms. The van der Waals surface area contributed by atoms with Gasteiger partial charge >= 0.3 is 0 Å². The third-order valence-corrected chi connectivity index (χ3v) is 6.76. The standard InChI is InChI=1S/C15H13F3N4O2S2/c16-8-15(5-6-15)21-26(23,24)10-3-1-9-2-4-11(22(9)7-10)13-19-20-14(25-13)12(17)18/h1-4,7,12,21H,5-6,8H2. The van der Waals surface area contributed by atoms with Crippen molar-refractivity contribution in [3.8, 4) is 10.7 Å². The van der Waals surface area contributed by atoms with Crippen molar-refractivity contribution in [2.75, 3.05) is 6.67 Å². The van der Waals surface area contributed by atoms with Crippen LogP contribution in [0.4, 0.5) is 13.2 Å². The molecule has 1 aliphatic rings. The monoisotopic (exact) mass is 402 g/mol. The summed E-state index contributed by atoms with van der Waals surface area (Å²) in [5.74, 6) is 0. The van der Waals surface area contributed by atoms with E-state index < -0.39 is 33.7 Å². The third kappa shape index (κ3) is 2.99. The summed E-state index contributed by atoms with van der Waals surface area (Å²) in [6.07, 6.45) is -0.435. The van der Waals surface area contributed by atoms with Crippen LogP contribution in [0, 0.1) is 0 Å². The average molecular weight is 402 g/mol. The number of fused-ring (bicyclic) bond motifs is 1. The molecule has 0 atom stereocenters. The molecule has 0 saturated heterocycles. The fraction of sp³-hybridized carbons (Fsp3) is 0.333. The first-order valence-electron chi connectivity index (χ1n) is 7.67. The molecule has 1 N–H and O–H groups in total. The maximum Gasteiger partial charge on any atom is 0.291 e. The first-order valence-corrected chi connectivity index (χ1v) is 9.97. The van der Waals surface area contributed by atoms with E-state index in [4.69, 9.17) is 0 Å². The van der Waals surface area contributed by atoms with Crippen LogP contribution in [-0.2, 0) is 10.0 Å². The minimum Gasteiger partial charge on any atom is -0.313 e. The van der Waals surface area contributed by atoms with Crippen LogP contribution in [0.1, 0.15) is 24.3 Å². The van der Waals surface area contributed by atoms with Crippen molar-refractivity contribution < 1.29 is 21.6 Å². The van der Waals surface area contributed by atoms with E-state index in [1.54, 1.807) is 22.6 Å². The van der Waals surface area contributed by atoms with Gasteiger partial charge in [0.05, 0.1) is 16.1 Å². The molecule has 4 rings (SSSR count). The molecule has 0 amide bonds. The molecule has 1 saturated carbocycles. The van der Waals surface area contributed by atoms with Gasteiger partial charge in [0, 0.05) is 11.7 Å². The molecule has 11 heteroatoms. The highest BCUT2D eigenvalue weighted by atomic mass is 32.2. The molecule has 0 radical (unpaired) electrons. The summed E-state index contributed by atoms with van der Waals surface area (Å²) < 4.78 is 67.5. The Hall–Kier alpha value is -1.98. The van der Waals surface area contributed by atoms with Crippen molar-refractivity contribution in [2.45, 2.75) is 29.7 Å². The number of hydrogen-bond acceptors (Lipinski definition) is 5. The highest BCUT2D eigenvalue weighted by Crippen LogP contribution is 2.37. The quantitative estimate of drug-likeness (QED) is 0.687. The zero-order chi connectivity index (χ0) is 18.5. The van der Waals surface area contributed by atoms with Crippen molar-refractivity contribution >= 4 is 26.9 Å². The third-order valence-electron chi connectivity index (χ3n) is 4.24. The summed E-state index contributed by atoms with van der Waals surface area (Å²) in [6.45, 7) is -0.759. The Bertz CT molecular complexity index is 1070. The second kappa shape index (κ2) is 6.03. The largest absolute Gasteiger partial charge is 0.313 e. The Kier molecular flexibility index (Phi) is 4.04. The van der Waals surface area contributed by atoms with E-state index in [1.807, 2.05) is 0 Å². The molecule has 3 aromatic heterocycles. The maximum atomic E-state index is 13.0. The van der Waals surface area contributed by atoms with Crippen LogP contribution >= 0.6 is 11.3 Å². The van der Waals surface area contributed by atoms with Gasteiger partial charge < -0.3 is 4.40 Å². The molecule has 3 heterocycles. The van der Waals surface area contributed by atoms with Gasteiger partial charge in [0.15, 0.2) is 10.0 Å². The van der Waals surface area contributed by atoms with Gasteiger partial charge in [-0.15, -0.1) is 10.2 Å². The number of aromatic nitrogens is 3. The van der Waals surface area contributed by atoms with E-state index in [-0.39, 0.29) is 9.90 Å². The number of pyridine rings is 1. The lowest BCUT2D eigenvalue weighted by molar-refractivity contribution is 0.150.